The SMILES string of the molecule is OCc1noc(-c2cc(F)cc(F)c2)n1. The highest BCUT2D eigenvalue weighted by Crippen LogP contribution is 2.19. The van der Waals surface area contributed by atoms with Crippen LogP contribution in [0.25, 0.3) is 11.5 Å². The van der Waals surface area contributed by atoms with Gasteiger partial charge in [0.05, 0.1) is 0 Å². The van der Waals surface area contributed by atoms with E-state index in [1.165, 1.54) is 0 Å². The molecule has 0 aliphatic heterocycles. The van der Waals surface area contributed by atoms with Crippen LogP contribution in [0.3, 0.4) is 0 Å². The van der Waals surface area contributed by atoms with E-state index in [-0.39, 0.29) is 23.9 Å². The number of aliphatic hydroxyl groups is 1. The molecule has 2 aromatic rings. The van der Waals surface area contributed by atoms with Crippen molar-refractivity contribution in [2.75, 3.05) is 0 Å². The molecule has 0 saturated heterocycles. The Morgan fingerprint density at radius 1 is 1.20 bits per heavy atom. The maximum Gasteiger partial charge on any atom is 0.258 e. The van der Waals surface area contributed by atoms with Gasteiger partial charge >= 0.3 is 0 Å². The van der Waals surface area contributed by atoms with Gasteiger partial charge < -0.3 is 9.63 Å². The van der Waals surface area contributed by atoms with Crippen molar-refractivity contribution in [3.8, 4) is 11.5 Å². The summed E-state index contributed by atoms with van der Waals surface area (Å²) in [6, 6.07) is 2.88. The van der Waals surface area contributed by atoms with Crippen molar-refractivity contribution in [1.29, 1.82) is 0 Å². The normalized spacial score (nSPS) is 10.6. The fourth-order valence-electron chi connectivity index (χ4n) is 1.11. The second-order valence-electron chi connectivity index (χ2n) is 2.83. The fourth-order valence-corrected chi connectivity index (χ4v) is 1.11. The molecule has 0 radical (unpaired) electrons. The van der Waals surface area contributed by atoms with Gasteiger partial charge in [-0.2, -0.15) is 4.98 Å². The molecule has 0 aliphatic carbocycles. The van der Waals surface area contributed by atoms with Crippen LogP contribution in [0.4, 0.5) is 8.78 Å². The summed E-state index contributed by atoms with van der Waals surface area (Å²) < 4.78 is 30.3. The molecule has 1 N–H and O–H groups in total. The second-order valence-corrected chi connectivity index (χ2v) is 2.83. The molecule has 0 spiro atoms. The summed E-state index contributed by atoms with van der Waals surface area (Å²) in [7, 11) is 0. The summed E-state index contributed by atoms with van der Waals surface area (Å²) >= 11 is 0. The van der Waals surface area contributed by atoms with E-state index in [1.54, 1.807) is 0 Å². The minimum absolute atomic E-state index is 0.0301. The van der Waals surface area contributed by atoms with Crippen LogP contribution in [0.5, 0.6) is 0 Å². The second kappa shape index (κ2) is 3.74. The largest absolute Gasteiger partial charge is 0.388 e. The zero-order chi connectivity index (χ0) is 10.8. The predicted molar refractivity (Wildman–Crippen MR) is 45.6 cm³/mol. The Kier molecular flexibility index (Phi) is 2.42. The molecular formula is C9H6F2N2O2. The number of rotatable bonds is 2. The third-order valence-corrected chi connectivity index (χ3v) is 1.72. The Labute approximate surface area is 83.2 Å². The lowest BCUT2D eigenvalue weighted by atomic mass is 10.2. The maximum atomic E-state index is 12.8. The van der Waals surface area contributed by atoms with Crippen LogP contribution < -0.4 is 0 Å². The van der Waals surface area contributed by atoms with E-state index in [4.69, 9.17) is 9.63 Å². The number of aromatic nitrogens is 2. The average molecular weight is 212 g/mol. The molecule has 2 rings (SSSR count). The number of halogens is 2. The minimum atomic E-state index is -0.728. The van der Waals surface area contributed by atoms with E-state index >= 15 is 0 Å². The monoisotopic (exact) mass is 212 g/mol. The van der Waals surface area contributed by atoms with Gasteiger partial charge in [-0.05, 0) is 12.1 Å². The van der Waals surface area contributed by atoms with Crippen molar-refractivity contribution in [2.45, 2.75) is 6.61 Å². The quantitative estimate of drug-likeness (QED) is 0.819. The number of nitrogens with zero attached hydrogens (tertiary/aromatic N) is 2. The van der Waals surface area contributed by atoms with Gasteiger partial charge in [-0.15, -0.1) is 0 Å². The Balaban J connectivity index is 2.44. The van der Waals surface area contributed by atoms with E-state index in [0.717, 1.165) is 18.2 Å². The molecule has 0 saturated carbocycles. The Bertz CT molecular complexity index is 464. The molecule has 78 valence electrons. The van der Waals surface area contributed by atoms with Crippen LogP contribution in [-0.2, 0) is 6.61 Å². The minimum Gasteiger partial charge on any atom is -0.388 e. The topological polar surface area (TPSA) is 59.2 Å². The van der Waals surface area contributed by atoms with Crippen molar-refractivity contribution in [2.24, 2.45) is 0 Å². The summed E-state index contributed by atoms with van der Waals surface area (Å²) in [4.78, 5) is 3.72. The van der Waals surface area contributed by atoms with Gasteiger partial charge in [-0.25, -0.2) is 8.78 Å². The zero-order valence-electron chi connectivity index (χ0n) is 7.44. The predicted octanol–water partition coefficient (Wildman–Crippen LogP) is 1.51. The van der Waals surface area contributed by atoms with Crippen LogP contribution >= 0.6 is 0 Å². The maximum absolute atomic E-state index is 12.8. The highest BCUT2D eigenvalue weighted by atomic mass is 19.1. The van der Waals surface area contributed by atoms with Crippen molar-refractivity contribution in [1.82, 2.24) is 10.1 Å². The van der Waals surface area contributed by atoms with Gasteiger partial charge in [-0.1, -0.05) is 5.16 Å². The lowest BCUT2D eigenvalue weighted by Crippen LogP contribution is -1.86. The van der Waals surface area contributed by atoms with Crippen LogP contribution in [0.15, 0.2) is 22.7 Å². The third-order valence-electron chi connectivity index (χ3n) is 1.72. The molecule has 0 bridgehead atoms. The van der Waals surface area contributed by atoms with E-state index < -0.39 is 11.6 Å². The van der Waals surface area contributed by atoms with Crippen molar-refractivity contribution in [3.05, 3.63) is 35.7 Å². The fraction of sp³-hybridized carbons (Fsp3) is 0.111. The highest BCUT2D eigenvalue weighted by molar-refractivity contribution is 5.52. The lowest BCUT2D eigenvalue weighted by Gasteiger charge is -1.94. The first-order valence-electron chi connectivity index (χ1n) is 4.09. The number of hydrogen-bond donors (Lipinski definition) is 1. The molecule has 1 aromatic carbocycles. The lowest BCUT2D eigenvalue weighted by molar-refractivity contribution is 0.264. The van der Waals surface area contributed by atoms with E-state index in [2.05, 4.69) is 10.1 Å². The zero-order valence-corrected chi connectivity index (χ0v) is 7.44. The van der Waals surface area contributed by atoms with Crippen molar-refractivity contribution >= 4 is 0 Å². The van der Waals surface area contributed by atoms with Crippen LogP contribution in [0.1, 0.15) is 5.82 Å². The van der Waals surface area contributed by atoms with E-state index in [1.807, 2.05) is 0 Å². The highest BCUT2D eigenvalue weighted by Gasteiger charge is 2.10. The summed E-state index contributed by atoms with van der Waals surface area (Å²) in [6.45, 7) is -0.388. The third kappa shape index (κ3) is 1.99. The smallest absolute Gasteiger partial charge is 0.258 e. The summed E-state index contributed by atoms with van der Waals surface area (Å²) in [6.07, 6.45) is 0. The van der Waals surface area contributed by atoms with Crippen molar-refractivity contribution in [3.63, 3.8) is 0 Å². The molecule has 15 heavy (non-hydrogen) atoms. The number of benzene rings is 1. The van der Waals surface area contributed by atoms with E-state index in [0.29, 0.717) is 0 Å². The molecule has 0 unspecified atom stereocenters. The number of hydrogen-bond acceptors (Lipinski definition) is 4. The average Bonchev–Trinajstić information content (AvgIpc) is 2.64. The first-order chi connectivity index (χ1) is 7.19. The number of aliphatic hydroxyl groups excluding tert-OH is 1. The summed E-state index contributed by atoms with van der Waals surface area (Å²) in [5.74, 6) is -1.42. The molecule has 1 aromatic heterocycles. The van der Waals surface area contributed by atoms with Crippen LogP contribution in [0.2, 0.25) is 0 Å². The Hall–Kier alpha value is -1.82. The van der Waals surface area contributed by atoms with Gasteiger partial charge in [0.25, 0.3) is 5.89 Å². The molecule has 1 heterocycles. The van der Waals surface area contributed by atoms with Gasteiger partial charge in [0.2, 0.25) is 0 Å². The van der Waals surface area contributed by atoms with Crippen LogP contribution in [-0.4, -0.2) is 15.2 Å². The molecule has 6 heteroatoms. The first kappa shape index (κ1) is 9.72. The first-order valence-corrected chi connectivity index (χ1v) is 4.09. The molecule has 0 aliphatic rings. The van der Waals surface area contributed by atoms with E-state index in [9.17, 15) is 8.78 Å². The van der Waals surface area contributed by atoms with Gasteiger partial charge in [0.1, 0.15) is 18.2 Å². The molecule has 0 amide bonds. The van der Waals surface area contributed by atoms with Crippen LogP contribution in [0, 0.1) is 11.6 Å². The molecule has 4 nitrogen and oxygen atoms in total. The molecule has 0 atom stereocenters. The Morgan fingerprint density at radius 2 is 1.87 bits per heavy atom. The van der Waals surface area contributed by atoms with Crippen molar-refractivity contribution < 1.29 is 18.4 Å². The van der Waals surface area contributed by atoms with Gasteiger partial charge in [-0.3, -0.25) is 0 Å². The standard InChI is InChI=1S/C9H6F2N2O2/c10-6-1-5(2-7(11)3-6)9-12-8(4-14)13-15-9/h1-3,14H,4H2. The Morgan fingerprint density at radius 3 is 2.40 bits per heavy atom. The molecule has 0 fully saturated rings. The summed E-state index contributed by atoms with van der Waals surface area (Å²) in [5.41, 5.74) is 0.139. The van der Waals surface area contributed by atoms with Gasteiger partial charge in [0, 0.05) is 11.6 Å². The molecular weight excluding hydrogens is 206 g/mol. The van der Waals surface area contributed by atoms with Gasteiger partial charge in [0.15, 0.2) is 5.82 Å². The summed E-state index contributed by atoms with van der Waals surface area (Å²) in [5, 5.41) is 12.1.